The van der Waals surface area contributed by atoms with Gasteiger partial charge in [0.2, 0.25) is 0 Å². The number of hydrogen-bond acceptors (Lipinski definition) is 2. The Kier molecular flexibility index (Phi) is 3.53. The molecule has 0 spiro atoms. The van der Waals surface area contributed by atoms with Crippen molar-refractivity contribution < 1.29 is 0 Å². The van der Waals surface area contributed by atoms with Crippen molar-refractivity contribution in [2.24, 2.45) is 5.41 Å². The molecule has 2 heteroatoms. The first-order chi connectivity index (χ1) is 8.62. The Hall–Kier alpha value is -2.01. The highest BCUT2D eigenvalue weighted by atomic mass is 14.9. The average Bonchev–Trinajstić information content (AvgIpc) is 2.39. The van der Waals surface area contributed by atoms with Crippen molar-refractivity contribution in [3.8, 4) is 6.07 Å². The van der Waals surface area contributed by atoms with Crippen LogP contribution in [0.3, 0.4) is 0 Å². The van der Waals surface area contributed by atoms with E-state index in [2.05, 4.69) is 41.7 Å². The summed E-state index contributed by atoms with van der Waals surface area (Å²) in [5, 5.41) is 14.9. The minimum Gasteiger partial charge on any atom is -0.384 e. The maximum Gasteiger partial charge on any atom is 0.0684 e. The normalized spacial score (nSPS) is 11.2. The lowest BCUT2D eigenvalue weighted by molar-refractivity contribution is 0.467. The van der Waals surface area contributed by atoms with Crippen LogP contribution in [0.25, 0.3) is 10.8 Å². The molecular weight excluding hydrogens is 220 g/mol. The molecule has 0 amide bonds. The van der Waals surface area contributed by atoms with Gasteiger partial charge in [-0.25, -0.2) is 0 Å². The Labute approximate surface area is 108 Å². The first-order valence-electron chi connectivity index (χ1n) is 6.25. The van der Waals surface area contributed by atoms with Crippen LogP contribution in [0, 0.1) is 16.7 Å². The van der Waals surface area contributed by atoms with Crippen LogP contribution in [0.5, 0.6) is 0 Å². The van der Waals surface area contributed by atoms with Gasteiger partial charge in [-0.05, 0) is 31.7 Å². The third-order valence-electron chi connectivity index (χ3n) is 3.16. The van der Waals surface area contributed by atoms with Crippen LogP contribution in [0.2, 0.25) is 0 Å². The summed E-state index contributed by atoms with van der Waals surface area (Å²) in [4.78, 5) is 0. The monoisotopic (exact) mass is 238 g/mol. The molecule has 0 atom stereocenters. The molecule has 92 valence electrons. The molecule has 0 aromatic heterocycles. The summed E-state index contributed by atoms with van der Waals surface area (Å²) < 4.78 is 0. The summed E-state index contributed by atoms with van der Waals surface area (Å²) in [6, 6.07) is 16.9. The van der Waals surface area contributed by atoms with Gasteiger partial charge >= 0.3 is 0 Å². The average molecular weight is 238 g/mol. The molecule has 1 N–H and O–H groups in total. The van der Waals surface area contributed by atoms with E-state index in [1.807, 2.05) is 26.0 Å². The maximum absolute atomic E-state index is 8.99. The predicted octanol–water partition coefficient (Wildman–Crippen LogP) is 4.19. The van der Waals surface area contributed by atoms with Gasteiger partial charge in [0.05, 0.1) is 11.5 Å². The number of rotatable bonds is 4. The lowest BCUT2D eigenvalue weighted by Crippen LogP contribution is -2.14. The van der Waals surface area contributed by atoms with E-state index in [0.29, 0.717) is 0 Å². The molecule has 2 rings (SSSR count). The quantitative estimate of drug-likeness (QED) is 0.866. The van der Waals surface area contributed by atoms with Gasteiger partial charge in [-0.1, -0.05) is 36.4 Å². The van der Waals surface area contributed by atoms with E-state index >= 15 is 0 Å². The highest BCUT2D eigenvalue weighted by molar-refractivity contribution is 5.93. The molecule has 18 heavy (non-hydrogen) atoms. The number of hydrogen-bond donors (Lipinski definition) is 1. The van der Waals surface area contributed by atoms with Crippen molar-refractivity contribution in [2.45, 2.75) is 20.3 Å². The predicted molar refractivity (Wildman–Crippen MR) is 76.4 cm³/mol. The first kappa shape index (κ1) is 12.4. The molecule has 0 saturated carbocycles. The third-order valence-corrected chi connectivity index (χ3v) is 3.16. The summed E-state index contributed by atoms with van der Waals surface area (Å²) in [6.45, 7) is 4.75. The zero-order valence-corrected chi connectivity index (χ0v) is 10.9. The summed E-state index contributed by atoms with van der Waals surface area (Å²) in [5.74, 6) is 0. The van der Waals surface area contributed by atoms with Gasteiger partial charge in [-0.3, -0.25) is 0 Å². The molecule has 2 aromatic rings. The zero-order valence-electron chi connectivity index (χ0n) is 10.9. The van der Waals surface area contributed by atoms with Crippen molar-refractivity contribution in [2.75, 3.05) is 11.9 Å². The van der Waals surface area contributed by atoms with E-state index < -0.39 is 0 Å². The zero-order chi connectivity index (χ0) is 13.0. The van der Waals surface area contributed by atoms with Crippen LogP contribution in [-0.4, -0.2) is 6.54 Å². The highest BCUT2D eigenvalue weighted by Gasteiger charge is 2.15. The standard InChI is InChI=1S/C16H18N2/c1-16(2,12-17)10-11-18-15-9-5-7-13-6-3-4-8-14(13)15/h3-9,18H,10-11H2,1-2H3. The van der Waals surface area contributed by atoms with E-state index in [1.54, 1.807) is 0 Å². The smallest absolute Gasteiger partial charge is 0.0684 e. The molecule has 0 unspecified atom stereocenters. The minimum atomic E-state index is -0.266. The second kappa shape index (κ2) is 5.10. The van der Waals surface area contributed by atoms with E-state index in [9.17, 15) is 0 Å². The fourth-order valence-electron chi connectivity index (χ4n) is 1.95. The van der Waals surface area contributed by atoms with Crippen molar-refractivity contribution in [1.29, 1.82) is 5.26 Å². The molecule has 0 aliphatic carbocycles. The summed E-state index contributed by atoms with van der Waals surface area (Å²) >= 11 is 0. The molecule has 0 fully saturated rings. The molecular formula is C16H18N2. The first-order valence-corrected chi connectivity index (χ1v) is 6.25. The highest BCUT2D eigenvalue weighted by Crippen LogP contribution is 2.24. The van der Waals surface area contributed by atoms with Crippen LogP contribution in [0.4, 0.5) is 5.69 Å². The summed E-state index contributed by atoms with van der Waals surface area (Å²) in [6.07, 6.45) is 0.840. The molecule has 0 bridgehead atoms. The molecule has 0 aliphatic rings. The Bertz CT molecular complexity index is 574. The lowest BCUT2D eigenvalue weighted by Gasteiger charge is -2.16. The van der Waals surface area contributed by atoms with Gasteiger partial charge in [-0.2, -0.15) is 5.26 Å². The summed E-state index contributed by atoms with van der Waals surface area (Å²) in [7, 11) is 0. The van der Waals surface area contributed by atoms with E-state index in [4.69, 9.17) is 5.26 Å². The van der Waals surface area contributed by atoms with Crippen molar-refractivity contribution in [3.63, 3.8) is 0 Å². The Balaban J connectivity index is 2.11. The van der Waals surface area contributed by atoms with Crippen LogP contribution in [0.1, 0.15) is 20.3 Å². The minimum absolute atomic E-state index is 0.266. The molecule has 0 aliphatic heterocycles. The van der Waals surface area contributed by atoms with Crippen LogP contribution in [0.15, 0.2) is 42.5 Å². The third kappa shape index (κ3) is 2.81. The molecule has 0 radical (unpaired) electrons. The number of nitrogens with zero attached hydrogens (tertiary/aromatic N) is 1. The second-order valence-corrected chi connectivity index (χ2v) is 5.20. The van der Waals surface area contributed by atoms with Gasteiger partial charge < -0.3 is 5.32 Å². The topological polar surface area (TPSA) is 35.8 Å². The van der Waals surface area contributed by atoms with Crippen LogP contribution >= 0.6 is 0 Å². The Morgan fingerprint density at radius 2 is 1.83 bits per heavy atom. The Morgan fingerprint density at radius 3 is 2.61 bits per heavy atom. The fraction of sp³-hybridized carbons (Fsp3) is 0.312. The lowest BCUT2D eigenvalue weighted by atomic mass is 9.91. The number of nitrogens with one attached hydrogen (secondary N) is 1. The van der Waals surface area contributed by atoms with Crippen LogP contribution in [-0.2, 0) is 0 Å². The molecule has 0 saturated heterocycles. The number of nitriles is 1. The molecule has 2 aromatic carbocycles. The van der Waals surface area contributed by atoms with E-state index in [1.165, 1.54) is 10.8 Å². The molecule has 0 heterocycles. The van der Waals surface area contributed by atoms with Crippen LogP contribution < -0.4 is 5.32 Å². The number of anilines is 1. The van der Waals surface area contributed by atoms with Gasteiger partial charge in [0.1, 0.15) is 0 Å². The van der Waals surface area contributed by atoms with Crippen molar-refractivity contribution in [1.82, 2.24) is 0 Å². The number of fused-ring (bicyclic) bond motifs is 1. The molecule has 2 nitrogen and oxygen atoms in total. The largest absolute Gasteiger partial charge is 0.384 e. The second-order valence-electron chi connectivity index (χ2n) is 5.20. The van der Waals surface area contributed by atoms with E-state index in [0.717, 1.165) is 18.7 Å². The van der Waals surface area contributed by atoms with Crippen molar-refractivity contribution >= 4 is 16.5 Å². The van der Waals surface area contributed by atoms with Gasteiger partial charge in [0, 0.05) is 17.6 Å². The van der Waals surface area contributed by atoms with E-state index in [-0.39, 0.29) is 5.41 Å². The fourth-order valence-corrected chi connectivity index (χ4v) is 1.95. The summed E-state index contributed by atoms with van der Waals surface area (Å²) in [5.41, 5.74) is 0.874. The van der Waals surface area contributed by atoms with Gasteiger partial charge in [0.15, 0.2) is 0 Å². The van der Waals surface area contributed by atoms with Gasteiger partial charge in [0.25, 0.3) is 0 Å². The number of benzene rings is 2. The van der Waals surface area contributed by atoms with Gasteiger partial charge in [-0.15, -0.1) is 0 Å². The Morgan fingerprint density at radius 1 is 1.11 bits per heavy atom. The van der Waals surface area contributed by atoms with Crippen molar-refractivity contribution in [3.05, 3.63) is 42.5 Å². The maximum atomic E-state index is 8.99. The SMILES string of the molecule is CC(C)(C#N)CCNc1cccc2ccccc12.